The molecule has 0 aliphatic heterocycles. The summed E-state index contributed by atoms with van der Waals surface area (Å²) >= 11 is 0.804. The van der Waals surface area contributed by atoms with Gasteiger partial charge in [0.25, 0.3) is 0 Å². The first-order valence-corrected chi connectivity index (χ1v) is 6.53. The van der Waals surface area contributed by atoms with E-state index < -0.39 is 11.0 Å². The second kappa shape index (κ2) is 6.78. The molecule has 1 rings (SSSR count). The van der Waals surface area contributed by atoms with Crippen LogP contribution < -0.4 is 10.3 Å². The molecule has 1 aromatic heterocycles. The molecule has 9 heteroatoms. The van der Waals surface area contributed by atoms with Gasteiger partial charge in [-0.3, -0.25) is 10.1 Å². The summed E-state index contributed by atoms with van der Waals surface area (Å²) in [6, 6.07) is -0.483. The number of carbonyl (C=O) groups excluding carboxylic acids is 1. The molecule has 0 radical (unpaired) electrons. The van der Waals surface area contributed by atoms with Crippen molar-refractivity contribution in [2.75, 3.05) is 12.1 Å². The molecule has 0 bridgehead atoms. The number of aromatic nitrogens is 1. The van der Waals surface area contributed by atoms with Gasteiger partial charge in [-0.05, 0) is 24.2 Å². The highest BCUT2D eigenvalue weighted by Crippen LogP contribution is 2.28. The Bertz CT molecular complexity index is 493. The normalized spacial score (nSPS) is 9.84. The smallest absolute Gasteiger partial charge is 0.339 e. The molecule has 2 amide bonds. The predicted molar refractivity (Wildman–Crippen MR) is 73.7 cm³/mol. The van der Waals surface area contributed by atoms with Crippen LogP contribution in [0.25, 0.3) is 0 Å². The molecule has 0 aromatic carbocycles. The predicted octanol–water partition coefficient (Wildman–Crippen LogP) is 2.37. The number of nitro groups is 1. The van der Waals surface area contributed by atoms with Crippen molar-refractivity contribution in [3.05, 3.63) is 16.3 Å². The van der Waals surface area contributed by atoms with Crippen molar-refractivity contribution in [2.45, 2.75) is 26.7 Å². The average molecular weight is 285 g/mol. The molecule has 1 N–H and O–H groups in total. The number of carbonyl (C=O) groups is 1. The minimum atomic E-state index is -0.548. The standard InChI is InChI=1S/C10H15N5O3S/c1-4-7(5-2)13-14(9(16)11-3)10-12-6-8(19-10)15(17)18/h6H,4-5H2,1-3H3,(H,11,16). The Hall–Kier alpha value is -2.03. The molecule has 1 heterocycles. The monoisotopic (exact) mass is 285 g/mol. The third kappa shape index (κ3) is 3.71. The number of amides is 2. The molecular weight excluding hydrogens is 270 g/mol. The summed E-state index contributed by atoms with van der Waals surface area (Å²) < 4.78 is 0. The van der Waals surface area contributed by atoms with Crippen LogP contribution in [0.4, 0.5) is 14.9 Å². The molecule has 19 heavy (non-hydrogen) atoms. The van der Waals surface area contributed by atoms with Crippen LogP contribution in [0.1, 0.15) is 26.7 Å². The maximum Gasteiger partial charge on any atom is 0.345 e. The Morgan fingerprint density at radius 3 is 2.63 bits per heavy atom. The van der Waals surface area contributed by atoms with E-state index in [0.717, 1.165) is 28.3 Å². The van der Waals surface area contributed by atoms with E-state index in [4.69, 9.17) is 0 Å². The molecule has 0 spiro atoms. The topological polar surface area (TPSA) is 101 Å². The number of urea groups is 1. The van der Waals surface area contributed by atoms with E-state index in [-0.39, 0.29) is 10.1 Å². The third-order valence-electron chi connectivity index (χ3n) is 2.31. The van der Waals surface area contributed by atoms with Crippen LogP contribution in [0.2, 0.25) is 0 Å². The maximum absolute atomic E-state index is 11.8. The van der Waals surface area contributed by atoms with Gasteiger partial charge < -0.3 is 5.32 Å². The number of thiazole rings is 1. The summed E-state index contributed by atoms with van der Waals surface area (Å²) in [6.07, 6.45) is 2.50. The average Bonchev–Trinajstić information content (AvgIpc) is 2.89. The SMILES string of the molecule is CCC(CC)=NN(C(=O)NC)c1ncc([N+](=O)[O-])s1. The lowest BCUT2D eigenvalue weighted by molar-refractivity contribution is -0.380. The first kappa shape index (κ1) is 15.0. The molecule has 1 aromatic rings. The fourth-order valence-electron chi connectivity index (χ4n) is 1.25. The lowest BCUT2D eigenvalue weighted by Crippen LogP contribution is -2.35. The fraction of sp³-hybridized carbons (Fsp3) is 0.500. The van der Waals surface area contributed by atoms with Crippen molar-refractivity contribution < 1.29 is 9.72 Å². The van der Waals surface area contributed by atoms with Gasteiger partial charge in [0, 0.05) is 12.8 Å². The van der Waals surface area contributed by atoms with Gasteiger partial charge in [0.2, 0.25) is 5.13 Å². The summed E-state index contributed by atoms with van der Waals surface area (Å²) in [5.74, 6) is 0. The molecule has 0 atom stereocenters. The van der Waals surface area contributed by atoms with Crippen LogP contribution in [0, 0.1) is 10.1 Å². The number of hydrogen-bond donors (Lipinski definition) is 1. The highest BCUT2D eigenvalue weighted by molar-refractivity contribution is 7.18. The molecular formula is C10H15N5O3S. The van der Waals surface area contributed by atoms with Crippen LogP contribution in [0.15, 0.2) is 11.3 Å². The molecule has 0 fully saturated rings. The van der Waals surface area contributed by atoms with Crippen molar-refractivity contribution in [3.63, 3.8) is 0 Å². The summed E-state index contributed by atoms with van der Waals surface area (Å²) in [7, 11) is 1.46. The molecule has 104 valence electrons. The molecule has 0 unspecified atom stereocenters. The van der Waals surface area contributed by atoms with E-state index in [1.807, 2.05) is 13.8 Å². The van der Waals surface area contributed by atoms with Crippen molar-refractivity contribution >= 4 is 33.2 Å². The second-order valence-electron chi connectivity index (χ2n) is 3.48. The van der Waals surface area contributed by atoms with Crippen LogP contribution in [-0.2, 0) is 0 Å². The lowest BCUT2D eigenvalue weighted by Gasteiger charge is -2.14. The minimum absolute atomic E-state index is 0.131. The Morgan fingerprint density at radius 2 is 2.21 bits per heavy atom. The number of anilines is 1. The van der Waals surface area contributed by atoms with Crippen molar-refractivity contribution in [1.82, 2.24) is 10.3 Å². The Balaban J connectivity index is 3.12. The van der Waals surface area contributed by atoms with Crippen molar-refractivity contribution in [2.24, 2.45) is 5.10 Å². The number of nitrogens with zero attached hydrogens (tertiary/aromatic N) is 4. The van der Waals surface area contributed by atoms with E-state index >= 15 is 0 Å². The van der Waals surface area contributed by atoms with Gasteiger partial charge in [-0.1, -0.05) is 13.8 Å². The molecule has 0 saturated heterocycles. The minimum Gasteiger partial charge on any atom is -0.339 e. The molecule has 8 nitrogen and oxygen atoms in total. The van der Waals surface area contributed by atoms with Gasteiger partial charge in [0.05, 0.1) is 4.92 Å². The van der Waals surface area contributed by atoms with E-state index in [9.17, 15) is 14.9 Å². The van der Waals surface area contributed by atoms with E-state index in [0.29, 0.717) is 12.8 Å². The largest absolute Gasteiger partial charge is 0.345 e. The first-order valence-electron chi connectivity index (χ1n) is 5.71. The van der Waals surface area contributed by atoms with Crippen LogP contribution in [0.3, 0.4) is 0 Å². The zero-order valence-corrected chi connectivity index (χ0v) is 11.7. The highest BCUT2D eigenvalue weighted by atomic mass is 32.1. The van der Waals surface area contributed by atoms with Crippen LogP contribution in [0.5, 0.6) is 0 Å². The zero-order chi connectivity index (χ0) is 14.4. The maximum atomic E-state index is 11.8. The van der Waals surface area contributed by atoms with Crippen molar-refractivity contribution in [1.29, 1.82) is 0 Å². The van der Waals surface area contributed by atoms with Gasteiger partial charge in [-0.25, -0.2) is 9.78 Å². The fourth-order valence-corrected chi connectivity index (χ4v) is 1.94. The summed E-state index contributed by atoms with van der Waals surface area (Å²) in [6.45, 7) is 3.85. The number of rotatable bonds is 5. The highest BCUT2D eigenvalue weighted by Gasteiger charge is 2.21. The first-order chi connectivity index (χ1) is 9.03. The Morgan fingerprint density at radius 1 is 1.58 bits per heavy atom. The van der Waals surface area contributed by atoms with E-state index in [1.54, 1.807) is 0 Å². The second-order valence-corrected chi connectivity index (χ2v) is 4.47. The summed E-state index contributed by atoms with van der Waals surface area (Å²) in [5.41, 5.74) is 0.807. The van der Waals surface area contributed by atoms with Gasteiger partial charge >= 0.3 is 11.0 Å². The summed E-state index contributed by atoms with van der Waals surface area (Å²) in [4.78, 5) is 25.7. The van der Waals surface area contributed by atoms with E-state index in [1.165, 1.54) is 7.05 Å². The van der Waals surface area contributed by atoms with Gasteiger partial charge in [-0.2, -0.15) is 10.1 Å². The van der Waals surface area contributed by atoms with Crippen LogP contribution in [-0.4, -0.2) is 28.7 Å². The Labute approximate surface area is 114 Å². The third-order valence-corrected chi connectivity index (χ3v) is 3.23. The van der Waals surface area contributed by atoms with Crippen molar-refractivity contribution in [3.8, 4) is 0 Å². The molecule has 0 aliphatic rings. The molecule has 0 aliphatic carbocycles. The summed E-state index contributed by atoms with van der Waals surface area (Å²) in [5, 5.41) is 18.4. The molecule has 0 saturated carbocycles. The zero-order valence-electron chi connectivity index (χ0n) is 10.9. The van der Waals surface area contributed by atoms with Gasteiger partial charge in [-0.15, -0.1) is 0 Å². The lowest BCUT2D eigenvalue weighted by atomic mass is 10.2. The number of nitrogens with one attached hydrogen (secondary N) is 1. The Kier molecular flexibility index (Phi) is 5.37. The van der Waals surface area contributed by atoms with E-state index in [2.05, 4.69) is 15.4 Å². The van der Waals surface area contributed by atoms with Gasteiger partial charge in [0.1, 0.15) is 6.20 Å². The van der Waals surface area contributed by atoms with Crippen LogP contribution >= 0.6 is 11.3 Å². The number of hydrazone groups is 1. The number of hydrogen-bond acceptors (Lipinski definition) is 6. The quantitative estimate of drug-likeness (QED) is 0.509. The van der Waals surface area contributed by atoms with Gasteiger partial charge in [0.15, 0.2) is 0 Å².